The smallest absolute Gasteiger partial charge is 0.257 e. The minimum absolute atomic E-state index is 0.128. The van der Waals surface area contributed by atoms with E-state index in [-0.39, 0.29) is 36.8 Å². The monoisotopic (exact) mass is 333 g/mol. The second-order valence-corrected chi connectivity index (χ2v) is 5.59. The molecule has 2 rings (SSSR count). The van der Waals surface area contributed by atoms with Crippen LogP contribution in [-0.2, 0) is 11.3 Å². The molecule has 2 aromatic rings. The Kier molecular flexibility index (Phi) is 5.70. The number of carbonyl (C=O) groups is 2. The molecule has 7 heteroatoms. The normalized spacial score (nSPS) is 10.7. The van der Waals surface area contributed by atoms with Gasteiger partial charge in [0.25, 0.3) is 5.91 Å². The number of halogens is 1. The maximum Gasteiger partial charge on any atom is 0.257 e. The summed E-state index contributed by atoms with van der Waals surface area (Å²) in [5.41, 5.74) is 6.28. The van der Waals surface area contributed by atoms with Crippen molar-refractivity contribution in [1.29, 1.82) is 0 Å². The van der Waals surface area contributed by atoms with Gasteiger partial charge in [-0.2, -0.15) is 0 Å². The molecule has 24 heavy (non-hydrogen) atoms. The first-order chi connectivity index (χ1) is 11.4. The van der Waals surface area contributed by atoms with Crippen molar-refractivity contribution in [2.45, 2.75) is 26.4 Å². The third kappa shape index (κ3) is 4.42. The molecule has 1 aromatic heterocycles. The van der Waals surface area contributed by atoms with Crippen LogP contribution >= 0.6 is 0 Å². The number of anilines is 1. The first kappa shape index (κ1) is 17.7. The van der Waals surface area contributed by atoms with Crippen LogP contribution in [0.5, 0.6) is 0 Å². The summed E-state index contributed by atoms with van der Waals surface area (Å²) in [6.45, 7) is 3.69. The molecule has 0 saturated heterocycles. The van der Waals surface area contributed by atoms with Crippen LogP contribution in [-0.4, -0.2) is 29.3 Å². The summed E-state index contributed by atoms with van der Waals surface area (Å²) in [6, 6.07) is 6.79. The lowest BCUT2D eigenvalue weighted by Crippen LogP contribution is -2.42. The van der Waals surface area contributed by atoms with E-state index in [4.69, 9.17) is 10.2 Å². The largest absolute Gasteiger partial charge is 0.467 e. The fraction of sp³-hybridized carbons (Fsp3) is 0.294. The number of rotatable bonds is 6. The van der Waals surface area contributed by atoms with Crippen molar-refractivity contribution in [3.05, 3.63) is 53.7 Å². The van der Waals surface area contributed by atoms with Crippen LogP contribution in [0.3, 0.4) is 0 Å². The molecule has 0 aliphatic rings. The molecule has 0 spiro atoms. The van der Waals surface area contributed by atoms with E-state index in [2.05, 4.69) is 5.32 Å². The average molecular weight is 333 g/mol. The zero-order chi connectivity index (χ0) is 17.7. The molecule has 0 bridgehead atoms. The van der Waals surface area contributed by atoms with Gasteiger partial charge in [-0.3, -0.25) is 9.59 Å². The van der Waals surface area contributed by atoms with E-state index in [0.29, 0.717) is 17.0 Å². The van der Waals surface area contributed by atoms with Crippen LogP contribution in [0.4, 0.5) is 10.1 Å². The van der Waals surface area contributed by atoms with E-state index < -0.39 is 0 Å². The number of nitrogens with two attached hydrogens (primary N) is 1. The summed E-state index contributed by atoms with van der Waals surface area (Å²) in [6.07, 6.45) is 1.33. The number of nitrogens with one attached hydrogen (secondary N) is 1. The van der Waals surface area contributed by atoms with Gasteiger partial charge in [0.2, 0.25) is 5.91 Å². The van der Waals surface area contributed by atoms with Crippen molar-refractivity contribution in [3.63, 3.8) is 0 Å². The zero-order valence-corrected chi connectivity index (χ0v) is 13.6. The number of amides is 2. The SMILES string of the molecule is CC(C)N(CC(=O)Nc1ccc(F)cc1)C(=O)c1coc(CN)c1. The van der Waals surface area contributed by atoms with Crippen molar-refractivity contribution in [2.24, 2.45) is 5.73 Å². The lowest BCUT2D eigenvalue weighted by Gasteiger charge is -2.25. The quantitative estimate of drug-likeness (QED) is 0.849. The maximum absolute atomic E-state index is 12.9. The summed E-state index contributed by atoms with van der Waals surface area (Å²) in [7, 11) is 0. The Labute approximate surface area is 139 Å². The highest BCUT2D eigenvalue weighted by Gasteiger charge is 2.23. The van der Waals surface area contributed by atoms with Crippen LogP contribution in [0.2, 0.25) is 0 Å². The van der Waals surface area contributed by atoms with E-state index in [9.17, 15) is 14.0 Å². The van der Waals surface area contributed by atoms with Crippen molar-refractivity contribution >= 4 is 17.5 Å². The van der Waals surface area contributed by atoms with Gasteiger partial charge in [-0.25, -0.2) is 4.39 Å². The highest BCUT2D eigenvalue weighted by molar-refractivity contribution is 5.99. The molecular formula is C17H20FN3O3. The number of hydrogen-bond acceptors (Lipinski definition) is 4. The fourth-order valence-corrected chi connectivity index (χ4v) is 2.14. The van der Waals surface area contributed by atoms with Gasteiger partial charge >= 0.3 is 0 Å². The number of hydrogen-bond donors (Lipinski definition) is 2. The molecule has 2 amide bonds. The Hall–Kier alpha value is -2.67. The molecule has 0 aliphatic carbocycles. The topological polar surface area (TPSA) is 88.6 Å². The highest BCUT2D eigenvalue weighted by Crippen LogP contribution is 2.13. The Morgan fingerprint density at radius 2 is 1.96 bits per heavy atom. The molecule has 1 heterocycles. The fourth-order valence-electron chi connectivity index (χ4n) is 2.14. The number of carbonyl (C=O) groups excluding carboxylic acids is 2. The molecule has 0 fully saturated rings. The zero-order valence-electron chi connectivity index (χ0n) is 13.6. The third-order valence-electron chi connectivity index (χ3n) is 3.43. The van der Waals surface area contributed by atoms with Crippen LogP contribution in [0.1, 0.15) is 30.0 Å². The lowest BCUT2D eigenvalue weighted by atomic mass is 10.2. The van der Waals surface area contributed by atoms with Gasteiger partial charge in [-0.1, -0.05) is 0 Å². The van der Waals surface area contributed by atoms with Crippen molar-refractivity contribution < 1.29 is 18.4 Å². The summed E-state index contributed by atoms with van der Waals surface area (Å²) in [5.74, 6) is -0.575. The van der Waals surface area contributed by atoms with Crippen LogP contribution < -0.4 is 11.1 Å². The second-order valence-electron chi connectivity index (χ2n) is 5.59. The third-order valence-corrected chi connectivity index (χ3v) is 3.43. The Morgan fingerprint density at radius 3 is 2.50 bits per heavy atom. The molecule has 0 unspecified atom stereocenters. The van der Waals surface area contributed by atoms with E-state index in [1.54, 1.807) is 6.07 Å². The minimum atomic E-state index is -0.386. The van der Waals surface area contributed by atoms with Gasteiger partial charge < -0.3 is 20.4 Å². The molecule has 0 aliphatic heterocycles. The predicted octanol–water partition coefficient (Wildman–Crippen LogP) is 2.37. The molecule has 0 atom stereocenters. The minimum Gasteiger partial charge on any atom is -0.467 e. The molecule has 128 valence electrons. The molecule has 6 nitrogen and oxygen atoms in total. The molecule has 0 radical (unpaired) electrons. The highest BCUT2D eigenvalue weighted by atomic mass is 19.1. The number of benzene rings is 1. The first-order valence-electron chi connectivity index (χ1n) is 7.54. The molecule has 1 aromatic carbocycles. The summed E-state index contributed by atoms with van der Waals surface area (Å²) >= 11 is 0. The van der Waals surface area contributed by atoms with Gasteiger partial charge in [-0.05, 0) is 44.2 Å². The van der Waals surface area contributed by atoms with Crippen LogP contribution in [0.25, 0.3) is 0 Å². The summed E-state index contributed by atoms with van der Waals surface area (Å²) in [4.78, 5) is 26.1. The van der Waals surface area contributed by atoms with Gasteiger partial charge in [0.15, 0.2) is 0 Å². The van der Waals surface area contributed by atoms with E-state index >= 15 is 0 Å². The van der Waals surface area contributed by atoms with Crippen molar-refractivity contribution in [2.75, 3.05) is 11.9 Å². The van der Waals surface area contributed by atoms with Crippen molar-refractivity contribution in [3.8, 4) is 0 Å². The van der Waals surface area contributed by atoms with Gasteiger partial charge in [-0.15, -0.1) is 0 Å². The second kappa shape index (κ2) is 7.74. The summed E-state index contributed by atoms with van der Waals surface area (Å²) in [5, 5.41) is 2.63. The number of furan rings is 1. The molecule has 3 N–H and O–H groups in total. The van der Waals surface area contributed by atoms with E-state index in [1.165, 1.54) is 35.4 Å². The molecular weight excluding hydrogens is 313 g/mol. The van der Waals surface area contributed by atoms with Crippen LogP contribution in [0, 0.1) is 5.82 Å². The maximum atomic E-state index is 12.9. The van der Waals surface area contributed by atoms with Crippen LogP contribution in [0.15, 0.2) is 41.0 Å². The predicted molar refractivity (Wildman–Crippen MR) is 87.8 cm³/mol. The average Bonchev–Trinajstić information content (AvgIpc) is 3.03. The van der Waals surface area contributed by atoms with Gasteiger partial charge in [0, 0.05) is 11.7 Å². The molecule has 0 saturated carbocycles. The van der Waals surface area contributed by atoms with Crippen molar-refractivity contribution in [1.82, 2.24) is 4.90 Å². The van der Waals surface area contributed by atoms with E-state index in [0.717, 1.165) is 0 Å². The summed E-state index contributed by atoms with van der Waals surface area (Å²) < 4.78 is 18.0. The lowest BCUT2D eigenvalue weighted by molar-refractivity contribution is -0.117. The van der Waals surface area contributed by atoms with E-state index in [1.807, 2.05) is 13.8 Å². The van der Waals surface area contributed by atoms with Gasteiger partial charge in [0.1, 0.15) is 24.4 Å². The number of nitrogens with zero attached hydrogens (tertiary/aromatic N) is 1. The Morgan fingerprint density at radius 1 is 1.29 bits per heavy atom. The van der Waals surface area contributed by atoms with Gasteiger partial charge in [0.05, 0.1) is 12.1 Å². The standard InChI is InChI=1S/C17H20FN3O3/c1-11(2)21(17(23)12-7-15(8-19)24-10-12)9-16(22)20-14-5-3-13(18)4-6-14/h3-7,10-11H,8-9,19H2,1-2H3,(H,20,22). The first-order valence-corrected chi connectivity index (χ1v) is 7.54. The Bertz CT molecular complexity index is 710. The Balaban J connectivity index is 2.05.